The minimum Gasteiger partial charge on any atom is -0.506 e. The summed E-state index contributed by atoms with van der Waals surface area (Å²) in [6, 6.07) is 10.8. The van der Waals surface area contributed by atoms with Gasteiger partial charge in [-0.05, 0) is 73.8 Å². The number of aromatic hydroxyl groups is 1. The van der Waals surface area contributed by atoms with Gasteiger partial charge in [-0.25, -0.2) is 0 Å². The number of hydrogen-bond donors (Lipinski definition) is 2. The fourth-order valence-corrected chi connectivity index (χ4v) is 2.71. The van der Waals surface area contributed by atoms with Gasteiger partial charge in [0.1, 0.15) is 5.75 Å². The molecule has 0 saturated carbocycles. The zero-order chi connectivity index (χ0) is 13.8. The van der Waals surface area contributed by atoms with E-state index in [1.165, 1.54) is 0 Å². The fraction of sp³-hybridized carbons (Fsp3) is 0. The smallest absolute Gasteiger partial charge is 0.143 e. The summed E-state index contributed by atoms with van der Waals surface area (Å²) in [7, 11) is 0. The average molecular weight is 441 g/mol. The zero-order valence-electron chi connectivity index (χ0n) is 9.98. The number of hydrazone groups is 1. The summed E-state index contributed by atoms with van der Waals surface area (Å²) in [5, 5.41) is 14.4. The van der Waals surface area contributed by atoms with Crippen molar-refractivity contribution in [1.29, 1.82) is 0 Å². The number of phenols is 1. The Morgan fingerprint density at radius 3 is 2.20 bits per heavy atom. The van der Waals surface area contributed by atoms with Crippen LogP contribution in [0.1, 0.15) is 5.56 Å². The molecule has 2 N–H and O–H groups in total. The lowest BCUT2D eigenvalue weighted by molar-refractivity contribution is 0.468. The van der Waals surface area contributed by atoms with E-state index in [0.717, 1.165) is 11.3 Å². The van der Waals surface area contributed by atoms with Crippen molar-refractivity contribution in [3.63, 3.8) is 0 Å². The summed E-state index contributed by atoms with van der Waals surface area (Å²) in [5.74, 6) is 0.169. The van der Waals surface area contributed by atoms with Crippen LogP contribution in [0.15, 0.2) is 50.4 Å². The quantitative estimate of drug-likeness (QED) is 0.493. The number of rotatable bonds is 3. The minimum absolute atomic E-state index is 0. The van der Waals surface area contributed by atoms with Crippen LogP contribution in [0.2, 0.25) is 5.02 Å². The molecule has 0 aromatic heterocycles. The predicted octanol–water partition coefficient (Wildman–Crippen LogP) is 5.44. The molecular formula is C13H10Br2Cl2N2O. The lowest BCUT2D eigenvalue weighted by atomic mass is 10.2. The highest BCUT2D eigenvalue weighted by Gasteiger charge is 2.04. The maximum atomic E-state index is 9.59. The van der Waals surface area contributed by atoms with E-state index in [2.05, 4.69) is 42.4 Å². The van der Waals surface area contributed by atoms with Gasteiger partial charge in [0.25, 0.3) is 0 Å². The van der Waals surface area contributed by atoms with Crippen molar-refractivity contribution in [2.24, 2.45) is 5.10 Å². The molecule has 0 aliphatic heterocycles. The van der Waals surface area contributed by atoms with Crippen molar-refractivity contribution < 1.29 is 5.11 Å². The Balaban J connectivity index is 0.00000200. The summed E-state index contributed by atoms with van der Waals surface area (Å²) in [6.45, 7) is 0. The molecule has 106 valence electrons. The highest BCUT2D eigenvalue weighted by atomic mass is 79.9. The van der Waals surface area contributed by atoms with Gasteiger partial charge in [0.2, 0.25) is 0 Å². The molecule has 2 rings (SSSR count). The topological polar surface area (TPSA) is 44.6 Å². The number of nitrogens with one attached hydrogen (secondary N) is 1. The first-order valence-electron chi connectivity index (χ1n) is 5.29. The van der Waals surface area contributed by atoms with Crippen molar-refractivity contribution in [3.05, 3.63) is 55.9 Å². The highest BCUT2D eigenvalue weighted by Crippen LogP contribution is 2.32. The highest BCUT2D eigenvalue weighted by molar-refractivity contribution is 9.11. The monoisotopic (exact) mass is 438 g/mol. The Morgan fingerprint density at radius 1 is 1.10 bits per heavy atom. The molecule has 0 fully saturated rings. The van der Waals surface area contributed by atoms with Gasteiger partial charge in [0.15, 0.2) is 0 Å². The Kier molecular flexibility index (Phi) is 6.82. The molecule has 7 heteroatoms. The van der Waals surface area contributed by atoms with Crippen LogP contribution in [-0.4, -0.2) is 11.3 Å². The maximum Gasteiger partial charge on any atom is 0.143 e. The molecule has 0 atom stereocenters. The van der Waals surface area contributed by atoms with Crippen molar-refractivity contribution in [3.8, 4) is 5.75 Å². The lowest BCUT2D eigenvalue weighted by Crippen LogP contribution is -1.90. The van der Waals surface area contributed by atoms with Crippen LogP contribution in [0.3, 0.4) is 0 Å². The summed E-state index contributed by atoms with van der Waals surface area (Å²) < 4.78 is 1.21. The third-order valence-electron chi connectivity index (χ3n) is 2.29. The Labute approximate surface area is 144 Å². The van der Waals surface area contributed by atoms with Crippen molar-refractivity contribution >= 4 is 67.8 Å². The van der Waals surface area contributed by atoms with E-state index in [-0.39, 0.29) is 18.2 Å². The first-order valence-corrected chi connectivity index (χ1v) is 7.25. The fourth-order valence-electron chi connectivity index (χ4n) is 1.37. The molecule has 3 nitrogen and oxygen atoms in total. The van der Waals surface area contributed by atoms with Crippen LogP contribution in [-0.2, 0) is 0 Å². The second kappa shape index (κ2) is 7.88. The minimum atomic E-state index is 0. The van der Waals surface area contributed by atoms with Crippen LogP contribution >= 0.6 is 55.9 Å². The zero-order valence-corrected chi connectivity index (χ0v) is 14.7. The van der Waals surface area contributed by atoms with Gasteiger partial charge >= 0.3 is 0 Å². The third kappa shape index (κ3) is 4.66. The molecule has 0 radical (unpaired) electrons. The SMILES string of the molecule is Cl.Oc1c(Br)cc(/C=N/Nc2ccc(Cl)cc2)cc1Br. The third-order valence-corrected chi connectivity index (χ3v) is 3.75. The van der Waals surface area contributed by atoms with Crippen LogP contribution in [0.25, 0.3) is 0 Å². The predicted molar refractivity (Wildman–Crippen MR) is 93.4 cm³/mol. The van der Waals surface area contributed by atoms with Gasteiger partial charge in [-0.1, -0.05) is 11.6 Å². The molecule has 0 spiro atoms. The molecule has 2 aromatic carbocycles. The standard InChI is InChI=1S/C13H9Br2ClN2O.ClH/c14-11-5-8(6-12(15)13(11)19)7-17-18-10-3-1-9(16)2-4-10;/h1-7,18-19H;1H/b17-7+;. The summed E-state index contributed by atoms with van der Waals surface area (Å²) in [6.07, 6.45) is 1.66. The first kappa shape index (κ1) is 17.3. The lowest BCUT2D eigenvalue weighted by Gasteiger charge is -2.03. The van der Waals surface area contributed by atoms with Gasteiger partial charge in [0.05, 0.1) is 20.8 Å². The number of halogens is 4. The number of nitrogens with zero attached hydrogens (tertiary/aromatic N) is 1. The van der Waals surface area contributed by atoms with E-state index >= 15 is 0 Å². The molecular weight excluding hydrogens is 431 g/mol. The van der Waals surface area contributed by atoms with E-state index < -0.39 is 0 Å². The summed E-state index contributed by atoms with van der Waals surface area (Å²) >= 11 is 12.3. The molecule has 0 unspecified atom stereocenters. The van der Waals surface area contributed by atoms with Gasteiger partial charge < -0.3 is 5.11 Å². The molecule has 2 aromatic rings. The van der Waals surface area contributed by atoms with Gasteiger partial charge in [-0.2, -0.15) is 5.10 Å². The molecule has 0 saturated heterocycles. The van der Waals surface area contributed by atoms with E-state index in [9.17, 15) is 5.11 Å². The number of benzene rings is 2. The number of hydrogen-bond acceptors (Lipinski definition) is 3. The molecule has 0 bridgehead atoms. The summed E-state index contributed by atoms with van der Waals surface area (Å²) in [5.41, 5.74) is 4.58. The van der Waals surface area contributed by atoms with Crippen molar-refractivity contribution in [2.45, 2.75) is 0 Å². The number of anilines is 1. The van der Waals surface area contributed by atoms with Crippen LogP contribution in [0.4, 0.5) is 5.69 Å². The molecule has 0 amide bonds. The first-order chi connectivity index (χ1) is 9.06. The van der Waals surface area contributed by atoms with Crippen LogP contribution in [0, 0.1) is 0 Å². The van der Waals surface area contributed by atoms with Gasteiger partial charge in [-0.15, -0.1) is 12.4 Å². The Hall–Kier alpha value is -0.750. The molecule has 20 heavy (non-hydrogen) atoms. The van der Waals surface area contributed by atoms with Crippen LogP contribution in [0.5, 0.6) is 5.75 Å². The Bertz CT molecular complexity index is 595. The van der Waals surface area contributed by atoms with E-state index in [1.54, 1.807) is 30.5 Å². The van der Waals surface area contributed by atoms with Crippen LogP contribution < -0.4 is 5.43 Å². The number of phenolic OH excluding ortho intramolecular Hbond substituents is 1. The largest absolute Gasteiger partial charge is 0.506 e. The van der Waals surface area contributed by atoms with E-state index in [4.69, 9.17) is 11.6 Å². The van der Waals surface area contributed by atoms with E-state index in [0.29, 0.717) is 14.0 Å². The van der Waals surface area contributed by atoms with Crippen molar-refractivity contribution in [1.82, 2.24) is 0 Å². The van der Waals surface area contributed by atoms with Gasteiger partial charge in [-0.3, -0.25) is 5.43 Å². The average Bonchev–Trinajstić information content (AvgIpc) is 2.38. The Morgan fingerprint density at radius 2 is 1.65 bits per heavy atom. The molecule has 0 aliphatic carbocycles. The maximum absolute atomic E-state index is 9.59. The molecule has 0 heterocycles. The van der Waals surface area contributed by atoms with Gasteiger partial charge in [0, 0.05) is 5.02 Å². The summed E-state index contributed by atoms with van der Waals surface area (Å²) in [4.78, 5) is 0. The molecule has 0 aliphatic rings. The normalized spacial score (nSPS) is 10.3. The second-order valence-electron chi connectivity index (χ2n) is 3.71. The van der Waals surface area contributed by atoms with Crippen molar-refractivity contribution in [2.75, 3.05) is 5.43 Å². The van der Waals surface area contributed by atoms with E-state index in [1.807, 2.05) is 12.1 Å². The second-order valence-corrected chi connectivity index (χ2v) is 5.86.